The SMILES string of the molecule is CCC(=O)Nc1cccc(OCCC(=O)O)c1. The van der Waals surface area contributed by atoms with Crippen LogP contribution in [0.5, 0.6) is 5.75 Å². The van der Waals surface area contributed by atoms with E-state index in [-0.39, 0.29) is 18.9 Å². The molecule has 1 aromatic carbocycles. The quantitative estimate of drug-likeness (QED) is 0.792. The molecule has 1 amide bonds. The minimum atomic E-state index is -0.902. The molecule has 17 heavy (non-hydrogen) atoms. The lowest BCUT2D eigenvalue weighted by molar-refractivity contribution is -0.137. The summed E-state index contributed by atoms with van der Waals surface area (Å²) in [4.78, 5) is 21.5. The summed E-state index contributed by atoms with van der Waals surface area (Å²) < 4.78 is 5.24. The Morgan fingerprint density at radius 3 is 2.82 bits per heavy atom. The maximum Gasteiger partial charge on any atom is 0.306 e. The molecule has 0 spiro atoms. The van der Waals surface area contributed by atoms with Gasteiger partial charge in [-0.15, -0.1) is 0 Å². The molecule has 0 aliphatic carbocycles. The van der Waals surface area contributed by atoms with E-state index in [2.05, 4.69) is 5.32 Å². The van der Waals surface area contributed by atoms with E-state index in [1.807, 2.05) is 0 Å². The second-order valence-electron chi connectivity index (χ2n) is 3.42. The second-order valence-corrected chi connectivity index (χ2v) is 3.42. The van der Waals surface area contributed by atoms with Gasteiger partial charge in [0.05, 0.1) is 13.0 Å². The Morgan fingerprint density at radius 2 is 2.18 bits per heavy atom. The molecule has 0 atom stereocenters. The molecule has 0 aromatic heterocycles. The standard InChI is InChI=1S/C12H15NO4/c1-2-11(14)13-9-4-3-5-10(8-9)17-7-6-12(15)16/h3-5,8H,2,6-7H2,1H3,(H,13,14)(H,15,16). The maximum atomic E-state index is 11.2. The molecule has 2 N–H and O–H groups in total. The van der Waals surface area contributed by atoms with Crippen molar-refractivity contribution in [3.05, 3.63) is 24.3 Å². The third kappa shape index (κ3) is 5.01. The number of aliphatic carboxylic acids is 1. The Labute approximate surface area is 99.4 Å². The van der Waals surface area contributed by atoms with Gasteiger partial charge in [0, 0.05) is 18.2 Å². The van der Waals surface area contributed by atoms with Crippen molar-refractivity contribution in [3.8, 4) is 5.75 Å². The van der Waals surface area contributed by atoms with Crippen molar-refractivity contribution in [3.63, 3.8) is 0 Å². The lowest BCUT2D eigenvalue weighted by Crippen LogP contribution is -2.09. The van der Waals surface area contributed by atoms with Gasteiger partial charge in [0.1, 0.15) is 5.75 Å². The smallest absolute Gasteiger partial charge is 0.306 e. The van der Waals surface area contributed by atoms with Crippen molar-refractivity contribution >= 4 is 17.6 Å². The maximum absolute atomic E-state index is 11.2. The van der Waals surface area contributed by atoms with Gasteiger partial charge < -0.3 is 15.2 Å². The fourth-order valence-corrected chi connectivity index (χ4v) is 1.17. The highest BCUT2D eigenvalue weighted by Crippen LogP contribution is 2.17. The minimum Gasteiger partial charge on any atom is -0.493 e. The van der Waals surface area contributed by atoms with Crippen LogP contribution < -0.4 is 10.1 Å². The van der Waals surface area contributed by atoms with Crippen molar-refractivity contribution in [2.24, 2.45) is 0 Å². The van der Waals surface area contributed by atoms with E-state index in [1.54, 1.807) is 31.2 Å². The summed E-state index contributed by atoms with van der Waals surface area (Å²) in [6.07, 6.45) is 0.357. The van der Waals surface area contributed by atoms with E-state index in [4.69, 9.17) is 9.84 Å². The first-order valence-corrected chi connectivity index (χ1v) is 5.36. The zero-order valence-corrected chi connectivity index (χ0v) is 9.60. The zero-order chi connectivity index (χ0) is 12.7. The normalized spacial score (nSPS) is 9.71. The van der Waals surface area contributed by atoms with E-state index in [9.17, 15) is 9.59 Å². The largest absolute Gasteiger partial charge is 0.493 e. The number of carboxylic acid groups (broad SMARTS) is 1. The monoisotopic (exact) mass is 237 g/mol. The molecule has 0 heterocycles. The Kier molecular flexibility index (Phi) is 5.00. The summed E-state index contributed by atoms with van der Waals surface area (Å²) in [6.45, 7) is 1.88. The lowest BCUT2D eigenvalue weighted by Gasteiger charge is -2.07. The first-order chi connectivity index (χ1) is 8.11. The number of carbonyl (C=O) groups excluding carboxylic acids is 1. The topological polar surface area (TPSA) is 75.6 Å². The average Bonchev–Trinajstić information content (AvgIpc) is 2.29. The predicted octanol–water partition coefficient (Wildman–Crippen LogP) is 1.89. The van der Waals surface area contributed by atoms with E-state index >= 15 is 0 Å². The van der Waals surface area contributed by atoms with Crippen LogP contribution in [0.3, 0.4) is 0 Å². The Hall–Kier alpha value is -2.04. The number of carboxylic acids is 1. The molecule has 0 aliphatic heterocycles. The molecule has 5 nitrogen and oxygen atoms in total. The van der Waals surface area contributed by atoms with Gasteiger partial charge in [0.15, 0.2) is 0 Å². The molecular formula is C12H15NO4. The number of anilines is 1. The van der Waals surface area contributed by atoms with Crippen LogP contribution in [0.15, 0.2) is 24.3 Å². The summed E-state index contributed by atoms with van der Waals surface area (Å²) in [5.41, 5.74) is 0.643. The molecule has 5 heteroatoms. The predicted molar refractivity (Wildman–Crippen MR) is 63.1 cm³/mol. The number of rotatable bonds is 6. The molecule has 0 bridgehead atoms. The lowest BCUT2D eigenvalue weighted by atomic mass is 10.3. The first kappa shape index (κ1) is 13.0. The van der Waals surface area contributed by atoms with Crippen molar-refractivity contribution in [2.45, 2.75) is 19.8 Å². The molecule has 1 rings (SSSR count). The van der Waals surface area contributed by atoms with Crippen molar-refractivity contribution < 1.29 is 19.4 Å². The molecule has 92 valence electrons. The Morgan fingerprint density at radius 1 is 1.41 bits per heavy atom. The summed E-state index contributed by atoms with van der Waals surface area (Å²) >= 11 is 0. The second kappa shape index (κ2) is 6.52. The van der Waals surface area contributed by atoms with E-state index in [0.29, 0.717) is 17.9 Å². The molecule has 1 aromatic rings. The highest BCUT2D eigenvalue weighted by molar-refractivity contribution is 5.90. The number of hydrogen-bond acceptors (Lipinski definition) is 3. The summed E-state index contributed by atoms with van der Waals surface area (Å²) in [7, 11) is 0. The molecule has 0 aliphatic rings. The van der Waals surface area contributed by atoms with Crippen LogP contribution in [0.25, 0.3) is 0 Å². The van der Waals surface area contributed by atoms with Crippen LogP contribution in [-0.4, -0.2) is 23.6 Å². The molecule has 0 saturated heterocycles. The summed E-state index contributed by atoms with van der Waals surface area (Å²) in [6, 6.07) is 6.86. The number of ether oxygens (including phenoxy) is 1. The fourth-order valence-electron chi connectivity index (χ4n) is 1.17. The van der Waals surface area contributed by atoms with Crippen molar-refractivity contribution in [2.75, 3.05) is 11.9 Å². The Balaban J connectivity index is 2.53. The van der Waals surface area contributed by atoms with Crippen LogP contribution in [0.2, 0.25) is 0 Å². The highest BCUT2D eigenvalue weighted by atomic mass is 16.5. The van der Waals surface area contributed by atoms with Gasteiger partial charge in [-0.3, -0.25) is 9.59 Å². The average molecular weight is 237 g/mol. The fraction of sp³-hybridized carbons (Fsp3) is 0.333. The van der Waals surface area contributed by atoms with Crippen LogP contribution in [0.4, 0.5) is 5.69 Å². The van der Waals surface area contributed by atoms with Gasteiger partial charge in [-0.25, -0.2) is 0 Å². The summed E-state index contributed by atoms with van der Waals surface area (Å²) in [5, 5.41) is 11.2. The number of benzene rings is 1. The van der Waals surface area contributed by atoms with Crippen LogP contribution in [0.1, 0.15) is 19.8 Å². The zero-order valence-electron chi connectivity index (χ0n) is 9.60. The van der Waals surface area contributed by atoms with Gasteiger partial charge in [-0.2, -0.15) is 0 Å². The number of nitrogens with one attached hydrogen (secondary N) is 1. The van der Waals surface area contributed by atoms with Crippen LogP contribution in [-0.2, 0) is 9.59 Å². The summed E-state index contributed by atoms with van der Waals surface area (Å²) in [5.74, 6) is -0.437. The number of amides is 1. The van der Waals surface area contributed by atoms with Gasteiger partial charge in [-0.1, -0.05) is 13.0 Å². The highest BCUT2D eigenvalue weighted by Gasteiger charge is 2.02. The van der Waals surface area contributed by atoms with E-state index in [0.717, 1.165) is 0 Å². The van der Waals surface area contributed by atoms with E-state index < -0.39 is 5.97 Å². The number of hydrogen-bond donors (Lipinski definition) is 2. The van der Waals surface area contributed by atoms with E-state index in [1.165, 1.54) is 0 Å². The molecular weight excluding hydrogens is 222 g/mol. The van der Waals surface area contributed by atoms with Crippen molar-refractivity contribution in [1.82, 2.24) is 0 Å². The van der Waals surface area contributed by atoms with Gasteiger partial charge >= 0.3 is 5.97 Å². The van der Waals surface area contributed by atoms with Gasteiger partial charge in [0.2, 0.25) is 5.91 Å². The first-order valence-electron chi connectivity index (χ1n) is 5.36. The van der Waals surface area contributed by atoms with Gasteiger partial charge in [-0.05, 0) is 12.1 Å². The number of carbonyl (C=O) groups is 2. The molecule has 0 fully saturated rings. The van der Waals surface area contributed by atoms with Crippen LogP contribution >= 0.6 is 0 Å². The van der Waals surface area contributed by atoms with Crippen molar-refractivity contribution in [1.29, 1.82) is 0 Å². The van der Waals surface area contributed by atoms with Gasteiger partial charge in [0.25, 0.3) is 0 Å². The molecule has 0 saturated carbocycles. The third-order valence-corrected chi connectivity index (χ3v) is 2.02. The third-order valence-electron chi connectivity index (χ3n) is 2.02. The molecule has 0 unspecified atom stereocenters. The minimum absolute atomic E-state index is 0.0501. The Bertz CT molecular complexity index is 403. The van der Waals surface area contributed by atoms with Crippen LogP contribution in [0, 0.1) is 0 Å². The molecule has 0 radical (unpaired) electrons.